The van der Waals surface area contributed by atoms with Gasteiger partial charge < -0.3 is 10.1 Å². The van der Waals surface area contributed by atoms with E-state index in [4.69, 9.17) is 4.74 Å². The molecule has 0 fully saturated rings. The van der Waals surface area contributed by atoms with Gasteiger partial charge in [-0.1, -0.05) is 0 Å². The van der Waals surface area contributed by atoms with Gasteiger partial charge in [-0.3, -0.25) is 4.98 Å². The summed E-state index contributed by atoms with van der Waals surface area (Å²) in [6.07, 6.45) is 2.54. The first-order chi connectivity index (χ1) is 9.08. The van der Waals surface area contributed by atoms with E-state index in [9.17, 15) is 4.39 Å². The fourth-order valence-electron chi connectivity index (χ4n) is 1.40. The van der Waals surface area contributed by atoms with Crippen molar-refractivity contribution < 1.29 is 9.13 Å². The third-order valence-electron chi connectivity index (χ3n) is 2.14. The molecule has 1 N–H and O–H groups in total. The van der Waals surface area contributed by atoms with Crippen LogP contribution in [0.5, 0.6) is 6.01 Å². The van der Waals surface area contributed by atoms with Crippen molar-refractivity contribution >= 4 is 5.95 Å². The Bertz CT molecular complexity index is 576. The van der Waals surface area contributed by atoms with Crippen LogP contribution in [0.3, 0.4) is 0 Å². The number of nitrogens with zero attached hydrogens (tertiary/aromatic N) is 4. The molecule has 0 radical (unpaired) electrons. The molecule has 0 spiro atoms. The summed E-state index contributed by atoms with van der Waals surface area (Å²) < 4.78 is 18.6. The van der Waals surface area contributed by atoms with E-state index in [1.807, 2.05) is 13.8 Å². The Balaban J connectivity index is 2.44. The van der Waals surface area contributed by atoms with Crippen LogP contribution in [0.2, 0.25) is 0 Å². The zero-order valence-electron chi connectivity index (χ0n) is 10.9. The Labute approximate surface area is 110 Å². The van der Waals surface area contributed by atoms with Gasteiger partial charge in [-0.05, 0) is 19.9 Å². The molecule has 0 atom stereocenters. The molecule has 0 unspecified atom stereocenters. The van der Waals surface area contributed by atoms with E-state index >= 15 is 0 Å². The van der Waals surface area contributed by atoms with E-state index in [0.717, 1.165) is 6.20 Å². The molecule has 100 valence electrons. The lowest BCUT2D eigenvalue weighted by Crippen LogP contribution is -2.11. The third kappa shape index (κ3) is 3.34. The predicted octanol–water partition coefficient (Wildman–Crippen LogP) is 1.90. The molecule has 0 saturated heterocycles. The van der Waals surface area contributed by atoms with E-state index in [-0.39, 0.29) is 12.1 Å². The van der Waals surface area contributed by atoms with Gasteiger partial charge in [0, 0.05) is 18.8 Å². The molecule has 0 aromatic carbocycles. The van der Waals surface area contributed by atoms with Crippen LogP contribution in [0.1, 0.15) is 13.8 Å². The highest BCUT2D eigenvalue weighted by molar-refractivity contribution is 5.55. The average Bonchev–Trinajstić information content (AvgIpc) is 2.37. The second-order valence-corrected chi connectivity index (χ2v) is 4.07. The standard InChI is InChI=1S/C12H14FN5O/c1-7(2)19-12-17-10(16-11(14-3)18-12)8-4-9(13)6-15-5-8/h4-7H,1-3H3,(H,14,16,17,18). The highest BCUT2D eigenvalue weighted by Gasteiger charge is 2.10. The van der Waals surface area contributed by atoms with Gasteiger partial charge in [0.2, 0.25) is 5.95 Å². The summed E-state index contributed by atoms with van der Waals surface area (Å²) in [4.78, 5) is 16.1. The molecule has 2 rings (SSSR count). The smallest absolute Gasteiger partial charge is 0.322 e. The fraction of sp³-hybridized carbons (Fsp3) is 0.333. The first-order valence-electron chi connectivity index (χ1n) is 5.80. The summed E-state index contributed by atoms with van der Waals surface area (Å²) in [7, 11) is 1.68. The number of aromatic nitrogens is 4. The van der Waals surface area contributed by atoms with E-state index in [1.54, 1.807) is 7.05 Å². The van der Waals surface area contributed by atoms with Gasteiger partial charge in [-0.25, -0.2) is 4.39 Å². The minimum atomic E-state index is -0.449. The van der Waals surface area contributed by atoms with Crippen LogP contribution in [-0.4, -0.2) is 33.1 Å². The van der Waals surface area contributed by atoms with Crippen molar-refractivity contribution in [1.29, 1.82) is 0 Å². The van der Waals surface area contributed by atoms with Gasteiger partial charge in [-0.2, -0.15) is 15.0 Å². The topological polar surface area (TPSA) is 72.8 Å². The maximum atomic E-state index is 13.2. The minimum Gasteiger partial charge on any atom is -0.461 e. The molecule has 0 aliphatic carbocycles. The van der Waals surface area contributed by atoms with Crippen molar-refractivity contribution in [3.05, 3.63) is 24.3 Å². The molecule has 2 aromatic heterocycles. The monoisotopic (exact) mass is 263 g/mol. The molecule has 2 aromatic rings. The maximum absolute atomic E-state index is 13.2. The second-order valence-electron chi connectivity index (χ2n) is 4.07. The molecule has 0 saturated carbocycles. The summed E-state index contributed by atoms with van der Waals surface area (Å²) >= 11 is 0. The van der Waals surface area contributed by atoms with Crippen LogP contribution in [0, 0.1) is 5.82 Å². The second kappa shape index (κ2) is 5.55. The Hall–Kier alpha value is -2.31. The summed E-state index contributed by atoms with van der Waals surface area (Å²) in [5, 5.41) is 2.81. The number of hydrogen-bond acceptors (Lipinski definition) is 6. The molecule has 0 bridgehead atoms. The van der Waals surface area contributed by atoms with Crippen LogP contribution in [-0.2, 0) is 0 Å². The summed E-state index contributed by atoms with van der Waals surface area (Å²) in [5.74, 6) is 0.210. The number of ether oxygens (including phenoxy) is 1. The lowest BCUT2D eigenvalue weighted by atomic mass is 10.2. The van der Waals surface area contributed by atoms with Gasteiger partial charge in [-0.15, -0.1) is 0 Å². The van der Waals surface area contributed by atoms with Gasteiger partial charge in [0.15, 0.2) is 5.82 Å². The van der Waals surface area contributed by atoms with Crippen LogP contribution in [0.4, 0.5) is 10.3 Å². The van der Waals surface area contributed by atoms with E-state index < -0.39 is 5.82 Å². The highest BCUT2D eigenvalue weighted by Crippen LogP contribution is 2.19. The van der Waals surface area contributed by atoms with E-state index in [0.29, 0.717) is 17.3 Å². The quantitative estimate of drug-likeness (QED) is 0.908. The Morgan fingerprint density at radius 3 is 2.63 bits per heavy atom. The Kier molecular flexibility index (Phi) is 3.84. The molecule has 2 heterocycles. The molecule has 0 aliphatic rings. The lowest BCUT2D eigenvalue weighted by Gasteiger charge is -2.10. The average molecular weight is 263 g/mol. The predicted molar refractivity (Wildman–Crippen MR) is 68.3 cm³/mol. The molecular formula is C12H14FN5O. The minimum absolute atomic E-state index is 0.0643. The maximum Gasteiger partial charge on any atom is 0.322 e. The van der Waals surface area contributed by atoms with Crippen molar-refractivity contribution in [2.24, 2.45) is 0 Å². The SMILES string of the molecule is CNc1nc(OC(C)C)nc(-c2cncc(F)c2)n1. The summed E-state index contributed by atoms with van der Waals surface area (Å²) in [6, 6.07) is 1.50. The summed E-state index contributed by atoms with van der Waals surface area (Å²) in [6.45, 7) is 3.73. The molecule has 19 heavy (non-hydrogen) atoms. The number of nitrogens with one attached hydrogen (secondary N) is 1. The van der Waals surface area contributed by atoms with Crippen LogP contribution >= 0.6 is 0 Å². The largest absolute Gasteiger partial charge is 0.461 e. The zero-order chi connectivity index (χ0) is 13.8. The molecule has 0 aliphatic heterocycles. The number of hydrogen-bond donors (Lipinski definition) is 1. The fourth-order valence-corrected chi connectivity index (χ4v) is 1.40. The molecular weight excluding hydrogens is 249 g/mol. The summed E-state index contributed by atoms with van der Waals surface area (Å²) in [5.41, 5.74) is 0.465. The Morgan fingerprint density at radius 1 is 1.21 bits per heavy atom. The first kappa shape index (κ1) is 13.1. The van der Waals surface area contributed by atoms with Gasteiger partial charge in [0.1, 0.15) is 5.82 Å². The normalized spacial score (nSPS) is 10.6. The molecule has 0 amide bonds. The lowest BCUT2D eigenvalue weighted by molar-refractivity contribution is 0.222. The van der Waals surface area contributed by atoms with E-state index in [1.165, 1.54) is 12.3 Å². The number of pyridine rings is 1. The van der Waals surface area contributed by atoms with Crippen LogP contribution in [0.15, 0.2) is 18.5 Å². The van der Waals surface area contributed by atoms with Gasteiger partial charge in [0.05, 0.1) is 12.3 Å². The van der Waals surface area contributed by atoms with Crippen molar-refractivity contribution in [1.82, 2.24) is 19.9 Å². The molecule has 6 nitrogen and oxygen atoms in total. The van der Waals surface area contributed by atoms with Crippen molar-refractivity contribution in [2.75, 3.05) is 12.4 Å². The van der Waals surface area contributed by atoms with Crippen LogP contribution < -0.4 is 10.1 Å². The van der Waals surface area contributed by atoms with E-state index in [2.05, 4.69) is 25.3 Å². The van der Waals surface area contributed by atoms with Crippen molar-refractivity contribution in [3.63, 3.8) is 0 Å². The number of halogens is 1. The van der Waals surface area contributed by atoms with Gasteiger partial charge in [0.25, 0.3) is 0 Å². The van der Waals surface area contributed by atoms with Crippen LogP contribution in [0.25, 0.3) is 11.4 Å². The third-order valence-corrected chi connectivity index (χ3v) is 2.14. The van der Waals surface area contributed by atoms with Gasteiger partial charge >= 0.3 is 6.01 Å². The van der Waals surface area contributed by atoms with Crippen molar-refractivity contribution in [2.45, 2.75) is 20.0 Å². The highest BCUT2D eigenvalue weighted by atomic mass is 19.1. The number of rotatable bonds is 4. The zero-order valence-corrected chi connectivity index (χ0v) is 10.9. The Morgan fingerprint density at radius 2 is 2.00 bits per heavy atom. The van der Waals surface area contributed by atoms with Crippen molar-refractivity contribution in [3.8, 4) is 17.4 Å². The first-order valence-corrected chi connectivity index (χ1v) is 5.80. The molecule has 7 heteroatoms. The number of anilines is 1.